The number of Topliss-reactive ketones (excluding diaryl/α,β-unsaturated/α-hetero) is 1. The Morgan fingerprint density at radius 1 is 1.19 bits per heavy atom. The standard InChI is InChI=1S/C13H14ClNO/c14-13-11(7-4-8-12(13)16)15-9-10-5-2-1-3-6-10/h1-3,5-6,15H,4,7-9H2. The van der Waals surface area contributed by atoms with Crippen LogP contribution in [0.25, 0.3) is 0 Å². The van der Waals surface area contributed by atoms with E-state index in [1.54, 1.807) is 0 Å². The second-order valence-corrected chi connectivity index (χ2v) is 4.29. The highest BCUT2D eigenvalue weighted by molar-refractivity contribution is 6.43. The Bertz CT molecular complexity index is 411. The van der Waals surface area contributed by atoms with E-state index in [0.29, 0.717) is 11.5 Å². The lowest BCUT2D eigenvalue weighted by Gasteiger charge is -2.17. The summed E-state index contributed by atoms with van der Waals surface area (Å²) in [6.45, 7) is 0.722. The van der Waals surface area contributed by atoms with Crippen molar-refractivity contribution in [3.05, 3.63) is 46.6 Å². The van der Waals surface area contributed by atoms with E-state index < -0.39 is 0 Å². The van der Waals surface area contributed by atoms with Crippen molar-refractivity contribution in [2.45, 2.75) is 25.8 Å². The minimum Gasteiger partial charge on any atom is -0.383 e. The summed E-state index contributed by atoms with van der Waals surface area (Å²) >= 11 is 5.97. The highest BCUT2D eigenvalue weighted by Gasteiger charge is 2.18. The average molecular weight is 236 g/mol. The first kappa shape index (κ1) is 11.2. The first-order valence-electron chi connectivity index (χ1n) is 5.47. The summed E-state index contributed by atoms with van der Waals surface area (Å²) in [6.07, 6.45) is 2.35. The molecule has 1 aromatic carbocycles. The summed E-state index contributed by atoms with van der Waals surface area (Å²) in [5.74, 6) is 0.0588. The van der Waals surface area contributed by atoms with Gasteiger partial charge in [0, 0.05) is 18.7 Å². The molecule has 2 nitrogen and oxygen atoms in total. The van der Waals surface area contributed by atoms with Gasteiger partial charge in [-0.15, -0.1) is 0 Å². The van der Waals surface area contributed by atoms with E-state index in [-0.39, 0.29) is 5.78 Å². The van der Waals surface area contributed by atoms with Crippen LogP contribution in [0.15, 0.2) is 41.1 Å². The van der Waals surface area contributed by atoms with Crippen molar-refractivity contribution < 1.29 is 4.79 Å². The minimum absolute atomic E-state index is 0.0588. The zero-order valence-electron chi connectivity index (χ0n) is 9.00. The van der Waals surface area contributed by atoms with Crippen molar-refractivity contribution in [3.8, 4) is 0 Å². The summed E-state index contributed by atoms with van der Waals surface area (Å²) in [4.78, 5) is 11.4. The van der Waals surface area contributed by atoms with Crippen LogP contribution in [-0.2, 0) is 11.3 Å². The molecule has 3 heteroatoms. The van der Waals surface area contributed by atoms with E-state index in [1.165, 1.54) is 5.56 Å². The number of allylic oxidation sites excluding steroid dienone is 2. The highest BCUT2D eigenvalue weighted by Crippen LogP contribution is 2.23. The summed E-state index contributed by atoms with van der Waals surface area (Å²) < 4.78 is 0. The van der Waals surface area contributed by atoms with Crippen LogP contribution in [0.4, 0.5) is 0 Å². The molecule has 0 fully saturated rings. The number of hydrogen-bond donors (Lipinski definition) is 1. The fourth-order valence-electron chi connectivity index (χ4n) is 1.78. The molecule has 0 aromatic heterocycles. The Hall–Kier alpha value is -1.28. The van der Waals surface area contributed by atoms with Gasteiger partial charge < -0.3 is 5.32 Å². The molecule has 0 bridgehead atoms. The Balaban J connectivity index is 2.00. The quantitative estimate of drug-likeness (QED) is 0.873. The fourth-order valence-corrected chi connectivity index (χ4v) is 2.04. The van der Waals surface area contributed by atoms with Gasteiger partial charge >= 0.3 is 0 Å². The SMILES string of the molecule is O=C1CCCC(NCc2ccccc2)=C1Cl. The minimum atomic E-state index is 0.0588. The summed E-state index contributed by atoms with van der Waals surface area (Å²) in [5.41, 5.74) is 2.08. The molecule has 0 unspecified atom stereocenters. The second kappa shape index (κ2) is 5.17. The van der Waals surface area contributed by atoms with Gasteiger partial charge in [0.25, 0.3) is 0 Å². The van der Waals surface area contributed by atoms with Crippen molar-refractivity contribution in [3.63, 3.8) is 0 Å². The van der Waals surface area contributed by atoms with E-state index in [9.17, 15) is 4.79 Å². The predicted octanol–water partition coefficient (Wildman–Crippen LogP) is 2.98. The van der Waals surface area contributed by atoms with Gasteiger partial charge in [0.15, 0.2) is 5.78 Å². The molecule has 0 radical (unpaired) electrons. The summed E-state index contributed by atoms with van der Waals surface area (Å²) in [5, 5.41) is 3.64. The number of ketones is 1. The van der Waals surface area contributed by atoms with Crippen molar-refractivity contribution in [1.29, 1.82) is 0 Å². The molecule has 1 aromatic rings. The molecule has 2 rings (SSSR count). The van der Waals surface area contributed by atoms with Crippen LogP contribution in [0.3, 0.4) is 0 Å². The Labute approximate surface area is 100 Å². The number of rotatable bonds is 3. The molecule has 0 saturated carbocycles. The number of nitrogens with one attached hydrogen (secondary N) is 1. The van der Waals surface area contributed by atoms with Gasteiger partial charge in [-0.25, -0.2) is 0 Å². The van der Waals surface area contributed by atoms with Crippen molar-refractivity contribution in [2.75, 3.05) is 0 Å². The molecule has 1 aliphatic carbocycles. The number of carbonyl (C=O) groups excluding carboxylic acids is 1. The lowest BCUT2D eigenvalue weighted by atomic mass is 10.0. The molecule has 1 N–H and O–H groups in total. The number of halogens is 1. The largest absolute Gasteiger partial charge is 0.383 e. The van der Waals surface area contributed by atoms with Gasteiger partial charge in [0.2, 0.25) is 0 Å². The maximum Gasteiger partial charge on any atom is 0.175 e. The van der Waals surface area contributed by atoms with Crippen molar-refractivity contribution in [2.24, 2.45) is 0 Å². The van der Waals surface area contributed by atoms with E-state index in [2.05, 4.69) is 5.32 Å². The van der Waals surface area contributed by atoms with Crippen LogP contribution in [0.2, 0.25) is 0 Å². The monoisotopic (exact) mass is 235 g/mol. The second-order valence-electron chi connectivity index (χ2n) is 3.91. The zero-order valence-corrected chi connectivity index (χ0v) is 9.76. The van der Waals surface area contributed by atoms with Crippen molar-refractivity contribution >= 4 is 17.4 Å². The smallest absolute Gasteiger partial charge is 0.175 e. The molecule has 0 heterocycles. The molecule has 0 amide bonds. The lowest BCUT2D eigenvalue weighted by Crippen LogP contribution is -2.20. The van der Waals surface area contributed by atoms with Gasteiger partial charge in [0.1, 0.15) is 5.03 Å². The molecule has 0 spiro atoms. The molecular formula is C13H14ClNO. The van der Waals surface area contributed by atoms with E-state index in [4.69, 9.17) is 11.6 Å². The third-order valence-corrected chi connectivity index (χ3v) is 3.13. The van der Waals surface area contributed by atoms with Gasteiger partial charge in [0.05, 0.1) is 0 Å². The van der Waals surface area contributed by atoms with Crippen LogP contribution in [-0.4, -0.2) is 5.78 Å². The number of carbonyl (C=O) groups is 1. The Morgan fingerprint density at radius 2 is 1.94 bits per heavy atom. The van der Waals surface area contributed by atoms with Crippen LogP contribution < -0.4 is 5.32 Å². The van der Waals surface area contributed by atoms with Gasteiger partial charge in [-0.05, 0) is 18.4 Å². The molecule has 84 valence electrons. The average Bonchev–Trinajstić information content (AvgIpc) is 2.32. The van der Waals surface area contributed by atoms with Crippen LogP contribution in [0, 0.1) is 0 Å². The molecule has 0 saturated heterocycles. The topological polar surface area (TPSA) is 29.1 Å². The maximum atomic E-state index is 11.4. The van der Waals surface area contributed by atoms with Crippen LogP contribution in [0.1, 0.15) is 24.8 Å². The summed E-state index contributed by atoms with van der Waals surface area (Å²) in [7, 11) is 0. The highest BCUT2D eigenvalue weighted by atomic mass is 35.5. The molecule has 1 aliphatic rings. The van der Waals surface area contributed by atoms with E-state index >= 15 is 0 Å². The normalized spacial score (nSPS) is 16.4. The molecule has 0 aliphatic heterocycles. The first-order chi connectivity index (χ1) is 7.77. The van der Waals surface area contributed by atoms with Gasteiger partial charge in [-0.3, -0.25) is 4.79 Å². The van der Waals surface area contributed by atoms with Crippen molar-refractivity contribution in [1.82, 2.24) is 5.32 Å². The van der Waals surface area contributed by atoms with Crippen LogP contribution in [0.5, 0.6) is 0 Å². The Kier molecular flexibility index (Phi) is 3.62. The molecule has 0 atom stereocenters. The van der Waals surface area contributed by atoms with Gasteiger partial charge in [-0.1, -0.05) is 41.9 Å². The number of benzene rings is 1. The van der Waals surface area contributed by atoms with Crippen LogP contribution >= 0.6 is 11.6 Å². The zero-order chi connectivity index (χ0) is 11.4. The Morgan fingerprint density at radius 3 is 2.69 bits per heavy atom. The third-order valence-electron chi connectivity index (χ3n) is 2.69. The predicted molar refractivity (Wildman–Crippen MR) is 65.0 cm³/mol. The maximum absolute atomic E-state index is 11.4. The third kappa shape index (κ3) is 2.64. The number of hydrogen-bond acceptors (Lipinski definition) is 2. The summed E-state index contributed by atoms with van der Waals surface area (Å²) in [6, 6.07) is 10.1. The molecule has 16 heavy (non-hydrogen) atoms. The molecular weight excluding hydrogens is 222 g/mol. The van der Waals surface area contributed by atoms with E-state index in [0.717, 1.165) is 25.1 Å². The van der Waals surface area contributed by atoms with Gasteiger partial charge in [-0.2, -0.15) is 0 Å². The fraction of sp³-hybridized carbons (Fsp3) is 0.308. The van der Waals surface area contributed by atoms with E-state index in [1.807, 2.05) is 30.3 Å². The lowest BCUT2D eigenvalue weighted by molar-refractivity contribution is -0.115. The first-order valence-corrected chi connectivity index (χ1v) is 5.85.